The van der Waals surface area contributed by atoms with Gasteiger partial charge in [0.15, 0.2) is 5.82 Å². The van der Waals surface area contributed by atoms with E-state index in [2.05, 4.69) is 26.9 Å². The molecule has 0 bridgehead atoms. The quantitative estimate of drug-likeness (QED) is 0.375. The number of carbonyl (C=O) groups excluding carboxylic acids is 1. The van der Waals surface area contributed by atoms with E-state index < -0.39 is 0 Å². The van der Waals surface area contributed by atoms with Crippen LogP contribution in [0.25, 0.3) is 10.2 Å². The Labute approximate surface area is 200 Å². The predicted octanol–water partition coefficient (Wildman–Crippen LogP) is 4.15. The number of likely N-dealkylation sites (tertiary alicyclic amines) is 1. The lowest BCUT2D eigenvalue weighted by atomic mass is 10.1. The van der Waals surface area contributed by atoms with Gasteiger partial charge in [-0.05, 0) is 29.9 Å². The van der Waals surface area contributed by atoms with Crippen LogP contribution in [-0.4, -0.2) is 50.1 Å². The molecule has 1 aromatic carbocycles. The molecule has 3 N–H and O–H groups in total. The van der Waals surface area contributed by atoms with E-state index in [1.807, 2.05) is 46.7 Å². The first-order valence-electron chi connectivity index (χ1n) is 11.9. The largest absolute Gasteiger partial charge is 0.351 e. The number of nitrogens with zero attached hydrogens (tertiary/aromatic N) is 4. The molecule has 2 saturated carbocycles. The van der Waals surface area contributed by atoms with E-state index in [4.69, 9.17) is 9.97 Å². The topological polar surface area (TPSA) is 98.8 Å². The molecule has 3 atom stereocenters. The molecule has 9 heteroatoms. The average molecular weight is 472 g/mol. The van der Waals surface area contributed by atoms with Gasteiger partial charge < -0.3 is 15.5 Å². The molecule has 8 nitrogen and oxygen atoms in total. The minimum absolute atomic E-state index is 0.213. The average Bonchev–Trinajstić information content (AvgIpc) is 3.54. The van der Waals surface area contributed by atoms with E-state index in [-0.39, 0.29) is 5.91 Å². The third-order valence-electron chi connectivity index (χ3n) is 7.19. The first-order chi connectivity index (χ1) is 16.7. The first-order valence-corrected chi connectivity index (χ1v) is 12.7. The summed E-state index contributed by atoms with van der Waals surface area (Å²) in [5, 5.41) is 16.5. The van der Waals surface area contributed by atoms with Crippen LogP contribution in [0.1, 0.15) is 30.0 Å². The molecule has 0 spiro atoms. The number of aromatic amines is 1. The van der Waals surface area contributed by atoms with Crippen LogP contribution in [0.15, 0.2) is 47.8 Å². The van der Waals surface area contributed by atoms with Crippen molar-refractivity contribution in [2.24, 2.45) is 11.8 Å². The maximum absolute atomic E-state index is 12.7. The second-order valence-corrected chi connectivity index (χ2v) is 10.5. The summed E-state index contributed by atoms with van der Waals surface area (Å²) in [5.41, 5.74) is 3.12. The summed E-state index contributed by atoms with van der Waals surface area (Å²) in [5.74, 6) is 4.03. The lowest BCUT2D eigenvalue weighted by Gasteiger charge is -2.20. The van der Waals surface area contributed by atoms with Gasteiger partial charge in [0.1, 0.15) is 5.82 Å². The van der Waals surface area contributed by atoms with Gasteiger partial charge in [0, 0.05) is 43.0 Å². The van der Waals surface area contributed by atoms with Crippen molar-refractivity contribution in [1.82, 2.24) is 25.1 Å². The molecule has 34 heavy (non-hydrogen) atoms. The van der Waals surface area contributed by atoms with E-state index in [0.29, 0.717) is 36.2 Å². The smallest absolute Gasteiger partial charge is 0.227 e. The van der Waals surface area contributed by atoms with Crippen LogP contribution < -0.4 is 10.6 Å². The van der Waals surface area contributed by atoms with E-state index >= 15 is 0 Å². The van der Waals surface area contributed by atoms with Crippen molar-refractivity contribution in [3.05, 3.63) is 59.1 Å². The van der Waals surface area contributed by atoms with Gasteiger partial charge in [-0.15, -0.1) is 11.3 Å². The summed E-state index contributed by atoms with van der Waals surface area (Å²) >= 11 is 1.63. The highest BCUT2D eigenvalue weighted by Crippen LogP contribution is 2.47. The van der Waals surface area contributed by atoms with Crippen LogP contribution in [0.4, 0.5) is 17.6 Å². The highest BCUT2D eigenvalue weighted by molar-refractivity contribution is 7.17. The van der Waals surface area contributed by atoms with Gasteiger partial charge in [-0.25, -0.2) is 4.98 Å². The fourth-order valence-electron chi connectivity index (χ4n) is 5.11. The Morgan fingerprint density at radius 1 is 1.12 bits per heavy atom. The third kappa shape index (κ3) is 3.69. The molecule has 1 aliphatic heterocycles. The van der Waals surface area contributed by atoms with Crippen LogP contribution in [0, 0.1) is 11.8 Å². The van der Waals surface area contributed by atoms with Crippen molar-refractivity contribution < 1.29 is 4.79 Å². The zero-order valence-electron chi connectivity index (χ0n) is 18.6. The molecule has 0 radical (unpaired) electrons. The molecule has 172 valence electrons. The molecular weight excluding hydrogens is 446 g/mol. The lowest BCUT2D eigenvalue weighted by Crippen LogP contribution is -2.34. The fraction of sp³-hybridized carbons (Fsp3) is 0.360. The first kappa shape index (κ1) is 20.0. The maximum Gasteiger partial charge on any atom is 0.227 e. The second-order valence-electron chi connectivity index (χ2n) is 9.60. The van der Waals surface area contributed by atoms with Gasteiger partial charge in [-0.2, -0.15) is 10.1 Å². The van der Waals surface area contributed by atoms with Crippen molar-refractivity contribution >= 4 is 45.0 Å². The highest BCUT2D eigenvalue weighted by Gasteiger charge is 2.57. The number of amides is 1. The molecular formula is C25H25N7OS. The van der Waals surface area contributed by atoms with Gasteiger partial charge >= 0.3 is 0 Å². The molecule has 3 fully saturated rings. The predicted molar refractivity (Wildman–Crippen MR) is 132 cm³/mol. The van der Waals surface area contributed by atoms with Crippen LogP contribution in [0.3, 0.4) is 0 Å². The van der Waals surface area contributed by atoms with Crippen LogP contribution >= 0.6 is 11.3 Å². The third-order valence-corrected chi connectivity index (χ3v) is 8.10. The minimum atomic E-state index is 0.213. The summed E-state index contributed by atoms with van der Waals surface area (Å²) in [6.45, 7) is 1.61. The Kier molecular flexibility index (Phi) is 4.58. The molecule has 3 aliphatic rings. The number of carbonyl (C=O) groups is 1. The second kappa shape index (κ2) is 7.80. The number of nitrogens with one attached hydrogen (secondary N) is 3. The van der Waals surface area contributed by atoms with E-state index in [1.54, 1.807) is 11.3 Å². The highest BCUT2D eigenvalue weighted by atomic mass is 32.1. The Bertz CT molecular complexity index is 1350. The monoisotopic (exact) mass is 471 g/mol. The molecule has 1 amide bonds. The summed E-state index contributed by atoms with van der Waals surface area (Å²) in [6, 6.07) is 14.4. The maximum atomic E-state index is 12.7. The molecule has 4 aromatic rings. The molecule has 1 saturated heterocycles. The number of hydrogen-bond acceptors (Lipinski definition) is 7. The summed E-state index contributed by atoms with van der Waals surface area (Å²) in [7, 11) is 0. The van der Waals surface area contributed by atoms with Gasteiger partial charge in [-0.1, -0.05) is 30.3 Å². The Balaban J connectivity index is 1.02. The lowest BCUT2D eigenvalue weighted by molar-refractivity contribution is -0.129. The van der Waals surface area contributed by atoms with Crippen molar-refractivity contribution in [3.63, 3.8) is 0 Å². The molecule has 3 aromatic heterocycles. The summed E-state index contributed by atoms with van der Waals surface area (Å²) in [6.07, 6.45) is 2.92. The number of anilines is 3. The minimum Gasteiger partial charge on any atom is -0.351 e. The van der Waals surface area contributed by atoms with Gasteiger partial charge in [0.25, 0.3) is 0 Å². The molecule has 4 heterocycles. The molecule has 1 unspecified atom stereocenters. The number of fused-ring (bicyclic) bond motifs is 2. The normalized spacial score (nSPS) is 23.2. The van der Waals surface area contributed by atoms with Gasteiger partial charge in [0.2, 0.25) is 11.9 Å². The van der Waals surface area contributed by atoms with Crippen molar-refractivity contribution in [3.8, 4) is 0 Å². The van der Waals surface area contributed by atoms with Crippen molar-refractivity contribution in [2.75, 3.05) is 23.7 Å². The fourth-order valence-corrected chi connectivity index (χ4v) is 5.88. The Morgan fingerprint density at radius 2 is 1.94 bits per heavy atom. The van der Waals surface area contributed by atoms with Gasteiger partial charge in [0.05, 0.1) is 22.3 Å². The SMILES string of the molecule is O=C(Cc1ccccc1)N1C[C@@H]2C(Nc3nc(Nc4cc(C5CC5)n[nH]4)c4sccc4n3)[C@@H]2C1. The standard InChI is InChI=1S/C25H25N7OS/c33-21(10-14-4-2-1-3-5-14)32-12-16-17(13-32)22(16)28-25-26-18-8-9-34-23(18)24(29-25)27-20-11-19(30-31-20)15-6-7-15/h1-5,8-9,11,15-17,22H,6-7,10,12-13H2,(H3,26,27,28,29,30,31)/t16-,17+,22?. The van der Waals surface area contributed by atoms with Crippen LogP contribution in [0.2, 0.25) is 0 Å². The van der Waals surface area contributed by atoms with Crippen LogP contribution in [0.5, 0.6) is 0 Å². The molecule has 2 aliphatic carbocycles. The summed E-state index contributed by atoms with van der Waals surface area (Å²) in [4.78, 5) is 24.2. The van der Waals surface area contributed by atoms with Crippen molar-refractivity contribution in [2.45, 2.75) is 31.2 Å². The number of piperidine rings is 1. The molecule has 7 rings (SSSR count). The van der Waals surface area contributed by atoms with Crippen LogP contribution in [-0.2, 0) is 11.2 Å². The van der Waals surface area contributed by atoms with E-state index in [9.17, 15) is 4.79 Å². The van der Waals surface area contributed by atoms with Crippen molar-refractivity contribution in [1.29, 1.82) is 0 Å². The number of rotatable bonds is 7. The van der Waals surface area contributed by atoms with E-state index in [1.165, 1.54) is 12.8 Å². The number of H-pyrrole nitrogens is 1. The number of benzene rings is 1. The number of aromatic nitrogens is 4. The number of thiophene rings is 1. The zero-order chi connectivity index (χ0) is 22.6. The zero-order valence-corrected chi connectivity index (χ0v) is 19.4. The summed E-state index contributed by atoms with van der Waals surface area (Å²) < 4.78 is 1.03. The number of hydrogen-bond donors (Lipinski definition) is 3. The van der Waals surface area contributed by atoms with E-state index in [0.717, 1.165) is 46.2 Å². The Morgan fingerprint density at radius 3 is 2.74 bits per heavy atom. The van der Waals surface area contributed by atoms with Gasteiger partial charge in [-0.3, -0.25) is 9.89 Å². The Hall–Kier alpha value is -3.46.